The normalized spacial score (nSPS) is 13.1. The van der Waals surface area contributed by atoms with Gasteiger partial charge in [0.2, 0.25) is 0 Å². The van der Waals surface area contributed by atoms with Crippen LogP contribution >= 0.6 is 0 Å². The van der Waals surface area contributed by atoms with Gasteiger partial charge in [0.15, 0.2) is 5.84 Å². The molecule has 0 fully saturated rings. The lowest BCUT2D eigenvalue weighted by molar-refractivity contribution is -0.385. The molecule has 0 saturated heterocycles. The first-order valence-corrected chi connectivity index (χ1v) is 5.88. The SMILES string of the molecule is CC(O)CCN(C)c1ncc([N+](=O)[O-])cc1C(N)=NO. The van der Waals surface area contributed by atoms with E-state index in [-0.39, 0.29) is 17.1 Å². The predicted molar refractivity (Wildman–Crippen MR) is 73.0 cm³/mol. The summed E-state index contributed by atoms with van der Waals surface area (Å²) >= 11 is 0. The zero-order valence-corrected chi connectivity index (χ0v) is 11.2. The van der Waals surface area contributed by atoms with Crippen molar-refractivity contribution in [2.75, 3.05) is 18.5 Å². The molecule has 20 heavy (non-hydrogen) atoms. The van der Waals surface area contributed by atoms with E-state index in [1.54, 1.807) is 18.9 Å². The molecule has 9 heteroatoms. The number of rotatable bonds is 6. The Morgan fingerprint density at radius 3 is 2.85 bits per heavy atom. The molecule has 4 N–H and O–H groups in total. The Kier molecular flexibility index (Phi) is 5.21. The fourth-order valence-corrected chi connectivity index (χ4v) is 1.58. The van der Waals surface area contributed by atoms with E-state index in [1.165, 1.54) is 6.07 Å². The minimum Gasteiger partial charge on any atom is -0.409 e. The number of anilines is 1. The largest absolute Gasteiger partial charge is 0.409 e. The Morgan fingerprint density at radius 2 is 2.35 bits per heavy atom. The molecule has 110 valence electrons. The third-order valence-electron chi connectivity index (χ3n) is 2.69. The summed E-state index contributed by atoms with van der Waals surface area (Å²) in [5.41, 5.74) is 5.43. The van der Waals surface area contributed by atoms with E-state index in [4.69, 9.17) is 10.9 Å². The van der Waals surface area contributed by atoms with E-state index in [0.717, 1.165) is 6.20 Å². The summed E-state index contributed by atoms with van der Waals surface area (Å²) in [6.45, 7) is 2.12. The van der Waals surface area contributed by atoms with Crippen LogP contribution < -0.4 is 10.6 Å². The summed E-state index contributed by atoms with van der Waals surface area (Å²) in [6, 6.07) is 1.19. The van der Waals surface area contributed by atoms with Crippen LogP contribution in [0.1, 0.15) is 18.9 Å². The van der Waals surface area contributed by atoms with Crippen LogP contribution in [0.2, 0.25) is 0 Å². The van der Waals surface area contributed by atoms with Gasteiger partial charge in [-0.1, -0.05) is 5.16 Å². The number of aromatic nitrogens is 1. The zero-order chi connectivity index (χ0) is 15.3. The quantitative estimate of drug-likeness (QED) is 0.224. The molecule has 0 aromatic carbocycles. The Balaban J connectivity index is 3.14. The second-order valence-electron chi connectivity index (χ2n) is 4.37. The van der Waals surface area contributed by atoms with Gasteiger partial charge in [-0.25, -0.2) is 4.98 Å². The number of hydrogen-bond acceptors (Lipinski definition) is 7. The molecular formula is C11H17N5O4. The fraction of sp³-hybridized carbons (Fsp3) is 0.455. The number of oxime groups is 1. The summed E-state index contributed by atoms with van der Waals surface area (Å²) in [5, 5.41) is 31.6. The maximum Gasteiger partial charge on any atom is 0.288 e. The maximum absolute atomic E-state index is 10.7. The van der Waals surface area contributed by atoms with Gasteiger partial charge in [-0.2, -0.15) is 0 Å². The van der Waals surface area contributed by atoms with Gasteiger partial charge in [0.25, 0.3) is 5.69 Å². The number of aliphatic hydroxyl groups is 1. The molecule has 1 atom stereocenters. The van der Waals surface area contributed by atoms with Crippen LogP contribution in [0.4, 0.5) is 11.5 Å². The van der Waals surface area contributed by atoms with Crippen molar-refractivity contribution in [3.05, 3.63) is 27.9 Å². The molecule has 1 rings (SSSR count). The fourth-order valence-electron chi connectivity index (χ4n) is 1.58. The molecule has 1 unspecified atom stereocenters. The highest BCUT2D eigenvalue weighted by Crippen LogP contribution is 2.21. The van der Waals surface area contributed by atoms with E-state index in [0.29, 0.717) is 18.8 Å². The van der Waals surface area contributed by atoms with Gasteiger partial charge in [-0.3, -0.25) is 10.1 Å². The highest BCUT2D eigenvalue weighted by molar-refractivity contribution is 6.01. The third kappa shape index (κ3) is 3.79. The van der Waals surface area contributed by atoms with Crippen molar-refractivity contribution in [1.29, 1.82) is 0 Å². The van der Waals surface area contributed by atoms with Gasteiger partial charge in [0.1, 0.15) is 12.0 Å². The lowest BCUT2D eigenvalue weighted by atomic mass is 10.2. The van der Waals surface area contributed by atoms with Crippen molar-refractivity contribution in [3.63, 3.8) is 0 Å². The van der Waals surface area contributed by atoms with Crippen LogP contribution in [0.3, 0.4) is 0 Å². The van der Waals surface area contributed by atoms with Crippen LogP contribution in [0, 0.1) is 10.1 Å². The molecule has 0 aliphatic carbocycles. The van der Waals surface area contributed by atoms with Crippen LogP contribution in [-0.2, 0) is 0 Å². The van der Waals surface area contributed by atoms with Gasteiger partial charge >= 0.3 is 0 Å². The highest BCUT2D eigenvalue weighted by Gasteiger charge is 2.18. The van der Waals surface area contributed by atoms with E-state index in [1.807, 2.05) is 0 Å². The Labute approximate surface area is 115 Å². The first kappa shape index (κ1) is 15.6. The molecule has 9 nitrogen and oxygen atoms in total. The summed E-state index contributed by atoms with van der Waals surface area (Å²) < 4.78 is 0. The van der Waals surface area contributed by atoms with Crippen LogP contribution in [-0.4, -0.2) is 45.8 Å². The third-order valence-corrected chi connectivity index (χ3v) is 2.69. The standard InChI is InChI=1S/C11H17N5O4/c1-7(17)3-4-15(2)11-9(10(12)14-18)5-8(6-13-11)16(19)20/h5-7,17-18H,3-4H2,1-2H3,(H2,12,14). The van der Waals surface area contributed by atoms with Gasteiger partial charge < -0.3 is 20.9 Å². The maximum atomic E-state index is 10.7. The molecule has 0 bridgehead atoms. The summed E-state index contributed by atoms with van der Waals surface area (Å²) in [4.78, 5) is 15.8. The number of hydrogen-bond donors (Lipinski definition) is 3. The van der Waals surface area contributed by atoms with Gasteiger partial charge in [0.05, 0.1) is 16.6 Å². The van der Waals surface area contributed by atoms with Gasteiger partial charge in [-0.15, -0.1) is 0 Å². The van der Waals surface area contributed by atoms with Gasteiger partial charge in [-0.05, 0) is 13.3 Å². The van der Waals surface area contributed by atoms with Crippen molar-refractivity contribution in [2.45, 2.75) is 19.4 Å². The average molecular weight is 283 g/mol. The van der Waals surface area contributed by atoms with Gasteiger partial charge in [0, 0.05) is 19.7 Å². The summed E-state index contributed by atoms with van der Waals surface area (Å²) in [5.74, 6) is 0.0756. The van der Waals surface area contributed by atoms with E-state index in [2.05, 4.69) is 10.1 Å². The second-order valence-corrected chi connectivity index (χ2v) is 4.37. The molecular weight excluding hydrogens is 266 g/mol. The number of nitro groups is 1. The number of nitrogens with two attached hydrogens (primary N) is 1. The molecule has 1 heterocycles. The average Bonchev–Trinajstić information content (AvgIpc) is 2.42. The lowest BCUT2D eigenvalue weighted by Gasteiger charge is -2.21. The Hall–Kier alpha value is -2.42. The van der Waals surface area contributed by atoms with E-state index in [9.17, 15) is 15.2 Å². The van der Waals surface area contributed by atoms with Crippen LogP contribution in [0.5, 0.6) is 0 Å². The topological polar surface area (TPSA) is 138 Å². The summed E-state index contributed by atoms with van der Waals surface area (Å²) in [6.07, 6.45) is 1.11. The monoisotopic (exact) mass is 283 g/mol. The lowest BCUT2D eigenvalue weighted by Crippen LogP contribution is -2.26. The molecule has 0 spiro atoms. The minimum atomic E-state index is -0.610. The number of aliphatic hydroxyl groups excluding tert-OH is 1. The predicted octanol–water partition coefficient (Wildman–Crippen LogP) is 0.291. The minimum absolute atomic E-state index is 0.162. The molecule has 0 saturated carbocycles. The zero-order valence-electron chi connectivity index (χ0n) is 11.2. The smallest absolute Gasteiger partial charge is 0.288 e. The number of amidine groups is 1. The van der Waals surface area contributed by atoms with Crippen LogP contribution in [0.25, 0.3) is 0 Å². The molecule has 0 radical (unpaired) electrons. The Morgan fingerprint density at radius 1 is 1.70 bits per heavy atom. The van der Waals surface area contributed by atoms with Crippen LogP contribution in [0.15, 0.2) is 17.4 Å². The molecule has 1 aromatic rings. The first-order chi connectivity index (χ1) is 9.36. The van der Waals surface area contributed by atoms with E-state index < -0.39 is 11.0 Å². The molecule has 0 amide bonds. The summed E-state index contributed by atoms with van der Waals surface area (Å²) in [7, 11) is 1.70. The highest BCUT2D eigenvalue weighted by atomic mass is 16.6. The Bertz CT molecular complexity index is 518. The molecule has 0 aliphatic rings. The van der Waals surface area contributed by atoms with Crippen molar-refractivity contribution in [1.82, 2.24) is 4.98 Å². The number of nitrogens with zero attached hydrogens (tertiary/aromatic N) is 4. The first-order valence-electron chi connectivity index (χ1n) is 5.88. The van der Waals surface area contributed by atoms with E-state index >= 15 is 0 Å². The van der Waals surface area contributed by atoms with Crippen molar-refractivity contribution in [3.8, 4) is 0 Å². The number of pyridine rings is 1. The van der Waals surface area contributed by atoms with Crippen molar-refractivity contribution >= 4 is 17.3 Å². The molecule has 1 aromatic heterocycles. The van der Waals surface area contributed by atoms with Crippen molar-refractivity contribution < 1.29 is 15.2 Å². The van der Waals surface area contributed by atoms with Crippen molar-refractivity contribution in [2.24, 2.45) is 10.9 Å². The second kappa shape index (κ2) is 6.66. The molecule has 0 aliphatic heterocycles.